The van der Waals surface area contributed by atoms with Gasteiger partial charge in [0.2, 0.25) is 0 Å². The summed E-state index contributed by atoms with van der Waals surface area (Å²) in [5.74, 6) is -0.310. The number of carbonyl (C=O) groups is 1. The van der Waals surface area contributed by atoms with Crippen LogP contribution in [0.15, 0.2) is 0 Å². The fourth-order valence-corrected chi connectivity index (χ4v) is 12.8. The molecule has 5 nitrogen and oxygen atoms in total. The van der Waals surface area contributed by atoms with E-state index in [-0.39, 0.29) is 11.9 Å². The summed E-state index contributed by atoms with van der Waals surface area (Å²) in [5, 5.41) is 0. The van der Waals surface area contributed by atoms with Gasteiger partial charge in [-0.2, -0.15) is 0 Å². The van der Waals surface area contributed by atoms with Crippen LogP contribution in [-0.4, -0.2) is 42.9 Å². The van der Waals surface area contributed by atoms with Crippen molar-refractivity contribution in [1.82, 2.24) is 0 Å². The minimum atomic E-state index is -2.85. The average molecular weight is 431 g/mol. The van der Waals surface area contributed by atoms with Gasteiger partial charge in [0.25, 0.3) is 14.3 Å². The third-order valence-electron chi connectivity index (χ3n) is 6.70. The molecule has 2 fully saturated rings. The topological polar surface area (TPSA) is 54.0 Å². The monoisotopic (exact) mass is 430 g/mol. The summed E-state index contributed by atoms with van der Waals surface area (Å²) in [6, 6.07) is 0.501. The maximum atomic E-state index is 13.2. The molecule has 0 amide bonds. The van der Waals surface area contributed by atoms with E-state index in [2.05, 4.69) is 6.55 Å². The summed E-state index contributed by atoms with van der Waals surface area (Å²) in [6.07, 6.45) is 10.2. The molecule has 0 aromatic carbocycles. The number of hydrogen-bond acceptors (Lipinski definition) is 5. The van der Waals surface area contributed by atoms with E-state index in [0.717, 1.165) is 0 Å². The van der Waals surface area contributed by atoms with Gasteiger partial charge in [0.15, 0.2) is 0 Å². The largest absolute Gasteiger partial charge is 0.519 e. The molecule has 2 aliphatic carbocycles. The summed E-state index contributed by atoms with van der Waals surface area (Å²) in [4.78, 5) is 13.2. The molecule has 0 radical (unpaired) electrons. The van der Waals surface area contributed by atoms with Crippen molar-refractivity contribution in [1.29, 1.82) is 0 Å². The van der Waals surface area contributed by atoms with Crippen LogP contribution in [0.2, 0.25) is 23.7 Å². The molecule has 0 bridgehead atoms. The van der Waals surface area contributed by atoms with Crippen LogP contribution in [0.3, 0.4) is 0 Å². The van der Waals surface area contributed by atoms with E-state index in [9.17, 15) is 4.79 Å². The maximum absolute atomic E-state index is 13.2. The SMILES string of the molecule is CCO[Si](CC(C)C(=O)O[Si](C)(C1CCCC1)C1CCCC1)(OCC)OCC. The fraction of sp³-hybridized carbons (Fsp3) is 0.952. The average Bonchev–Trinajstić information content (AvgIpc) is 3.36. The van der Waals surface area contributed by atoms with Crippen LogP contribution in [-0.2, 0) is 22.5 Å². The molecule has 0 aromatic rings. The molecule has 0 aliphatic heterocycles. The molecule has 164 valence electrons. The van der Waals surface area contributed by atoms with Crippen molar-refractivity contribution in [3.63, 3.8) is 0 Å². The minimum Gasteiger partial charge on any atom is -0.519 e. The summed E-state index contributed by atoms with van der Waals surface area (Å²) in [5.41, 5.74) is 1.28. The van der Waals surface area contributed by atoms with Crippen molar-refractivity contribution in [2.45, 2.75) is 103 Å². The van der Waals surface area contributed by atoms with Crippen LogP contribution in [0.1, 0.15) is 79.1 Å². The molecule has 1 unspecified atom stereocenters. The molecule has 0 spiro atoms. The standard InChI is InChI=1S/C21H42O5Si2/c1-6-23-28(24-7-2,25-8-3)17-18(4)21(22)26-27(5,19-13-9-10-14-19)20-15-11-12-16-20/h18-20H,6-17H2,1-5H3. The number of carbonyl (C=O) groups excluding carboxylic acids is 1. The first kappa shape index (κ1) is 24.1. The first-order valence-corrected chi connectivity index (χ1v) is 16.0. The fourth-order valence-electron chi connectivity index (χ4n) is 5.24. The van der Waals surface area contributed by atoms with E-state index >= 15 is 0 Å². The van der Waals surface area contributed by atoms with E-state index in [1.54, 1.807) is 0 Å². The van der Waals surface area contributed by atoms with Gasteiger partial charge in [-0.05, 0) is 64.1 Å². The summed E-state index contributed by atoms with van der Waals surface area (Å²) >= 11 is 0. The maximum Gasteiger partial charge on any atom is 0.501 e. The lowest BCUT2D eigenvalue weighted by Gasteiger charge is -2.39. The van der Waals surface area contributed by atoms with Crippen LogP contribution in [0.25, 0.3) is 0 Å². The third-order valence-corrected chi connectivity index (χ3v) is 15.0. The van der Waals surface area contributed by atoms with Crippen LogP contribution in [0.4, 0.5) is 0 Å². The number of hydrogen-bond donors (Lipinski definition) is 0. The molecular formula is C21H42O5Si2. The highest BCUT2D eigenvalue weighted by molar-refractivity contribution is 6.77. The predicted molar refractivity (Wildman–Crippen MR) is 117 cm³/mol. The smallest absolute Gasteiger partial charge is 0.501 e. The Morgan fingerprint density at radius 2 is 1.25 bits per heavy atom. The zero-order valence-corrected chi connectivity index (χ0v) is 20.8. The van der Waals surface area contributed by atoms with E-state index < -0.39 is 17.1 Å². The first-order valence-electron chi connectivity index (χ1n) is 11.6. The molecule has 0 heterocycles. The zero-order chi connectivity index (χ0) is 20.6. The third kappa shape index (κ3) is 5.91. The van der Waals surface area contributed by atoms with Crippen LogP contribution in [0, 0.1) is 5.92 Å². The first-order chi connectivity index (χ1) is 13.4. The van der Waals surface area contributed by atoms with Crippen molar-refractivity contribution in [2.24, 2.45) is 5.92 Å². The summed E-state index contributed by atoms with van der Waals surface area (Å²) in [6.45, 7) is 11.8. The Hall–Kier alpha value is -0.216. The van der Waals surface area contributed by atoms with Crippen LogP contribution >= 0.6 is 0 Å². The Bertz CT molecular complexity index is 442. The van der Waals surface area contributed by atoms with Gasteiger partial charge in [-0.1, -0.05) is 32.6 Å². The van der Waals surface area contributed by atoms with Gasteiger partial charge in [0.1, 0.15) is 0 Å². The van der Waals surface area contributed by atoms with E-state index in [1.807, 2.05) is 27.7 Å². The molecule has 0 N–H and O–H groups in total. The molecule has 0 saturated heterocycles. The quantitative estimate of drug-likeness (QED) is 0.373. The van der Waals surface area contributed by atoms with Gasteiger partial charge in [-0.15, -0.1) is 0 Å². The molecular weight excluding hydrogens is 388 g/mol. The molecule has 2 saturated carbocycles. The Kier molecular flexibility index (Phi) is 9.67. The Morgan fingerprint density at radius 3 is 1.61 bits per heavy atom. The molecule has 28 heavy (non-hydrogen) atoms. The van der Waals surface area contributed by atoms with Crippen molar-refractivity contribution < 1.29 is 22.5 Å². The Morgan fingerprint density at radius 1 is 0.857 bits per heavy atom. The lowest BCUT2D eigenvalue weighted by molar-refractivity contribution is -0.139. The van der Waals surface area contributed by atoms with Crippen molar-refractivity contribution in [2.75, 3.05) is 19.8 Å². The van der Waals surface area contributed by atoms with E-state index in [4.69, 9.17) is 17.7 Å². The van der Waals surface area contributed by atoms with Crippen molar-refractivity contribution in [3.05, 3.63) is 0 Å². The van der Waals surface area contributed by atoms with Gasteiger partial charge in [-0.25, -0.2) is 0 Å². The van der Waals surface area contributed by atoms with Crippen molar-refractivity contribution >= 4 is 23.1 Å². The second kappa shape index (κ2) is 11.3. The van der Waals surface area contributed by atoms with Gasteiger partial charge in [-0.3, -0.25) is 4.79 Å². The van der Waals surface area contributed by atoms with Crippen molar-refractivity contribution in [3.8, 4) is 0 Å². The lowest BCUT2D eigenvalue weighted by atomic mass is 10.2. The lowest BCUT2D eigenvalue weighted by Crippen LogP contribution is -2.50. The highest BCUT2D eigenvalue weighted by atomic mass is 28.4. The highest BCUT2D eigenvalue weighted by Gasteiger charge is 2.51. The molecule has 2 aliphatic rings. The highest BCUT2D eigenvalue weighted by Crippen LogP contribution is 2.50. The van der Waals surface area contributed by atoms with Gasteiger partial charge < -0.3 is 17.7 Å². The molecule has 7 heteroatoms. The molecule has 2 rings (SSSR count). The van der Waals surface area contributed by atoms with E-state index in [0.29, 0.717) is 36.9 Å². The second-order valence-corrected chi connectivity index (χ2v) is 15.5. The second-order valence-electron chi connectivity index (χ2n) is 8.65. The van der Waals surface area contributed by atoms with Crippen LogP contribution in [0.5, 0.6) is 0 Å². The van der Waals surface area contributed by atoms with Crippen LogP contribution < -0.4 is 0 Å². The van der Waals surface area contributed by atoms with Gasteiger partial charge in [0, 0.05) is 25.9 Å². The Labute approximate surface area is 174 Å². The predicted octanol–water partition coefficient (Wildman–Crippen LogP) is 5.68. The normalized spacial score (nSPS) is 20.6. The summed E-state index contributed by atoms with van der Waals surface area (Å²) < 4.78 is 24.4. The summed E-state index contributed by atoms with van der Waals surface area (Å²) in [7, 11) is -4.94. The minimum absolute atomic E-state index is 0.0519. The van der Waals surface area contributed by atoms with E-state index in [1.165, 1.54) is 51.4 Å². The molecule has 1 atom stereocenters. The zero-order valence-electron chi connectivity index (χ0n) is 18.8. The van der Waals surface area contributed by atoms with Gasteiger partial charge >= 0.3 is 8.80 Å². The van der Waals surface area contributed by atoms with Gasteiger partial charge in [0.05, 0.1) is 5.92 Å². The Balaban J connectivity index is 2.10. The number of rotatable bonds is 12. The molecule has 0 aromatic heterocycles.